The zero-order valence-corrected chi connectivity index (χ0v) is 19.9. The van der Waals surface area contributed by atoms with Crippen LogP contribution in [-0.4, -0.2) is 8.42 Å². The molecule has 0 atom stereocenters. The van der Waals surface area contributed by atoms with E-state index in [1.165, 1.54) is 9.79 Å². The van der Waals surface area contributed by atoms with Crippen LogP contribution in [0.15, 0.2) is 129 Å². The zero-order valence-electron chi connectivity index (χ0n) is 16.1. The number of halogens is 1. The molecule has 0 bridgehead atoms. The zero-order chi connectivity index (χ0) is 21.0. The Morgan fingerprint density at radius 1 is 0.600 bits per heavy atom. The second-order valence-electron chi connectivity index (χ2n) is 6.79. The van der Waals surface area contributed by atoms with Gasteiger partial charge in [0.25, 0.3) is 0 Å². The second kappa shape index (κ2) is 9.37. The summed E-state index contributed by atoms with van der Waals surface area (Å²) in [4.78, 5) is 3.87. The maximum Gasteiger partial charge on any atom is 0.182 e. The Labute approximate surface area is 194 Å². The van der Waals surface area contributed by atoms with Gasteiger partial charge in [-0.25, -0.2) is 8.42 Å². The average Bonchev–Trinajstić information content (AvgIpc) is 2.77. The van der Waals surface area contributed by atoms with Gasteiger partial charge in [0.05, 0.1) is 21.5 Å². The third kappa shape index (κ3) is 4.96. The van der Waals surface area contributed by atoms with Crippen LogP contribution in [-0.2, 0) is 26.5 Å². The maximum absolute atomic E-state index is 12.9. The van der Waals surface area contributed by atoms with Crippen LogP contribution >= 0.6 is 22.6 Å². The van der Waals surface area contributed by atoms with Crippen molar-refractivity contribution in [3.8, 4) is 0 Å². The van der Waals surface area contributed by atoms with Crippen LogP contribution in [0.2, 0.25) is 0 Å². The molecule has 4 aromatic carbocycles. The van der Waals surface area contributed by atoms with Gasteiger partial charge >= 0.3 is 0 Å². The predicted octanol–water partition coefficient (Wildman–Crippen LogP) is 6.36. The number of benzene rings is 4. The van der Waals surface area contributed by atoms with Crippen LogP contribution in [0.4, 0.5) is 0 Å². The fraction of sp³-hybridized carbons (Fsp3) is 0.0400. The number of rotatable bonds is 6. The summed E-state index contributed by atoms with van der Waals surface area (Å²) in [6.07, 6.45) is 0. The van der Waals surface area contributed by atoms with Crippen molar-refractivity contribution < 1.29 is 8.42 Å². The fourth-order valence-electron chi connectivity index (χ4n) is 3.19. The lowest BCUT2D eigenvalue weighted by molar-refractivity contribution is 0.595. The summed E-state index contributed by atoms with van der Waals surface area (Å²) < 4.78 is 26.9. The molecule has 0 N–H and O–H groups in total. The molecule has 0 radical (unpaired) electrons. The lowest BCUT2D eigenvalue weighted by Gasteiger charge is -2.09. The number of sulfone groups is 1. The van der Waals surface area contributed by atoms with Gasteiger partial charge < -0.3 is 0 Å². The maximum atomic E-state index is 12.9. The van der Waals surface area contributed by atoms with Crippen LogP contribution in [0.1, 0.15) is 5.56 Å². The van der Waals surface area contributed by atoms with Crippen LogP contribution in [0.25, 0.3) is 0 Å². The summed E-state index contributed by atoms with van der Waals surface area (Å²) in [7, 11) is -3.68. The van der Waals surface area contributed by atoms with Gasteiger partial charge in [-0.2, -0.15) is 0 Å². The van der Waals surface area contributed by atoms with Gasteiger partial charge in [-0.15, -0.1) is 0 Å². The monoisotopic (exact) mass is 543 g/mol. The van der Waals surface area contributed by atoms with E-state index in [-0.39, 0.29) is 16.6 Å². The molecule has 4 rings (SSSR count). The Morgan fingerprint density at radius 3 is 1.57 bits per heavy atom. The molecule has 0 aliphatic carbocycles. The lowest BCUT2D eigenvalue weighted by Crippen LogP contribution is -2.07. The molecule has 0 amide bonds. The molecule has 0 aromatic heterocycles. The third-order valence-electron chi connectivity index (χ3n) is 4.65. The highest BCUT2D eigenvalue weighted by Gasteiger charge is 2.28. The van der Waals surface area contributed by atoms with Gasteiger partial charge in [0.2, 0.25) is 0 Å². The van der Waals surface area contributed by atoms with Crippen LogP contribution in [0.3, 0.4) is 0 Å². The molecule has 0 saturated heterocycles. The molecular weight excluding hydrogens is 523 g/mol. The first-order valence-electron chi connectivity index (χ1n) is 9.45. The first-order chi connectivity index (χ1) is 14.5. The molecule has 150 valence electrons. The predicted molar refractivity (Wildman–Crippen MR) is 132 cm³/mol. The van der Waals surface area contributed by atoms with E-state index in [1.54, 1.807) is 12.1 Å². The van der Waals surface area contributed by atoms with Gasteiger partial charge in [0.1, 0.15) is 0 Å². The van der Waals surface area contributed by atoms with Gasteiger partial charge in [-0.3, -0.25) is 0 Å². The molecule has 30 heavy (non-hydrogen) atoms. The Hall–Kier alpha value is -2.09. The van der Waals surface area contributed by atoms with Crippen molar-refractivity contribution in [2.75, 3.05) is 0 Å². The van der Waals surface area contributed by atoms with Gasteiger partial charge in [-0.1, -0.05) is 48.5 Å². The van der Waals surface area contributed by atoms with Gasteiger partial charge in [0, 0.05) is 3.57 Å². The average molecular weight is 543 g/mol. The standard InChI is InChI=1S/C25H20IO2S2/c26-21-13-11-20(12-14-21)19-30(27,28)25-17-15-24(16-18-25)29(22-7-3-1-4-8-22)23-9-5-2-6-10-23/h1-18H,19H2/q+1. The van der Waals surface area contributed by atoms with E-state index >= 15 is 0 Å². The number of hydrogen-bond acceptors (Lipinski definition) is 2. The van der Waals surface area contributed by atoms with Crippen molar-refractivity contribution in [2.24, 2.45) is 0 Å². The molecule has 4 aromatic rings. The minimum Gasteiger partial charge on any atom is -0.223 e. The highest BCUT2D eigenvalue weighted by Crippen LogP contribution is 2.31. The van der Waals surface area contributed by atoms with E-state index in [1.807, 2.05) is 72.8 Å². The minimum absolute atomic E-state index is 0.00630. The van der Waals surface area contributed by atoms with E-state index < -0.39 is 9.84 Å². The Kier molecular flexibility index (Phi) is 6.61. The van der Waals surface area contributed by atoms with E-state index in [0.29, 0.717) is 4.90 Å². The SMILES string of the molecule is O=S(=O)(Cc1ccc(I)cc1)c1ccc([S+](c2ccccc2)c2ccccc2)cc1. The first kappa shape index (κ1) is 21.2. The normalized spacial score (nSPS) is 11.5. The summed E-state index contributed by atoms with van der Waals surface area (Å²) in [5.74, 6) is 0.00630. The summed E-state index contributed by atoms with van der Waals surface area (Å²) in [5.41, 5.74) is 0.799. The van der Waals surface area contributed by atoms with Gasteiger partial charge in [0.15, 0.2) is 24.5 Å². The highest BCUT2D eigenvalue weighted by atomic mass is 127. The highest BCUT2D eigenvalue weighted by molar-refractivity contribution is 14.1. The van der Waals surface area contributed by atoms with E-state index in [0.717, 1.165) is 14.0 Å². The summed E-state index contributed by atoms with van der Waals surface area (Å²) in [5, 5.41) is 0. The molecule has 0 heterocycles. The topological polar surface area (TPSA) is 34.1 Å². The summed E-state index contributed by atoms with van der Waals surface area (Å²) in [6.45, 7) is 0. The second-order valence-corrected chi connectivity index (χ2v) is 12.1. The number of hydrogen-bond donors (Lipinski definition) is 0. The van der Waals surface area contributed by atoms with Crippen molar-refractivity contribution in [1.82, 2.24) is 0 Å². The minimum atomic E-state index is -3.40. The lowest BCUT2D eigenvalue weighted by atomic mass is 10.2. The fourth-order valence-corrected chi connectivity index (χ4v) is 6.98. The van der Waals surface area contributed by atoms with E-state index in [9.17, 15) is 8.42 Å². The molecule has 0 unspecified atom stereocenters. The van der Waals surface area contributed by atoms with Gasteiger partial charge in [-0.05, 0) is 88.8 Å². The Morgan fingerprint density at radius 2 is 1.07 bits per heavy atom. The van der Waals surface area contributed by atoms with Crippen molar-refractivity contribution in [3.63, 3.8) is 0 Å². The molecular formula is C25H20IO2S2+. The van der Waals surface area contributed by atoms with E-state index in [2.05, 4.69) is 46.9 Å². The third-order valence-corrected chi connectivity index (χ3v) is 9.30. The Balaban J connectivity index is 1.66. The molecule has 0 aliphatic rings. The summed E-state index contributed by atoms with van der Waals surface area (Å²) in [6, 6.07) is 35.6. The molecule has 0 fully saturated rings. The first-order valence-corrected chi connectivity index (χ1v) is 13.4. The summed E-state index contributed by atoms with van der Waals surface area (Å²) >= 11 is 2.22. The van der Waals surface area contributed by atoms with Crippen LogP contribution in [0.5, 0.6) is 0 Å². The van der Waals surface area contributed by atoms with Crippen molar-refractivity contribution in [1.29, 1.82) is 0 Å². The molecule has 0 spiro atoms. The van der Waals surface area contributed by atoms with Crippen LogP contribution < -0.4 is 0 Å². The van der Waals surface area contributed by atoms with Crippen LogP contribution in [0, 0.1) is 3.57 Å². The molecule has 5 heteroatoms. The van der Waals surface area contributed by atoms with E-state index in [4.69, 9.17) is 0 Å². The smallest absolute Gasteiger partial charge is 0.182 e. The van der Waals surface area contributed by atoms with Crippen molar-refractivity contribution in [3.05, 3.63) is 118 Å². The molecule has 0 aliphatic heterocycles. The van der Waals surface area contributed by atoms with Crippen molar-refractivity contribution in [2.45, 2.75) is 25.3 Å². The van der Waals surface area contributed by atoms with Crippen molar-refractivity contribution >= 4 is 43.3 Å². The molecule has 2 nitrogen and oxygen atoms in total. The Bertz CT molecular complexity index is 1170. The quantitative estimate of drug-likeness (QED) is 0.210. The largest absolute Gasteiger partial charge is 0.223 e. The molecule has 0 saturated carbocycles.